The third-order valence-electron chi connectivity index (χ3n) is 3.32. The molecule has 0 saturated heterocycles. The summed E-state index contributed by atoms with van der Waals surface area (Å²) >= 11 is 0. The minimum Gasteiger partial charge on any atom is -0.480 e. The van der Waals surface area contributed by atoms with Crippen molar-refractivity contribution in [2.24, 2.45) is 11.8 Å². The molecule has 1 aliphatic carbocycles. The van der Waals surface area contributed by atoms with Crippen LogP contribution in [0.5, 0.6) is 0 Å². The number of aromatic nitrogens is 3. The van der Waals surface area contributed by atoms with Gasteiger partial charge in [0.15, 0.2) is 0 Å². The van der Waals surface area contributed by atoms with E-state index in [0.717, 1.165) is 5.92 Å². The van der Waals surface area contributed by atoms with Crippen LogP contribution in [0.15, 0.2) is 6.20 Å². The lowest BCUT2D eigenvalue weighted by molar-refractivity contribution is -0.137. The molecule has 0 spiro atoms. The molecule has 8 heteroatoms. The van der Waals surface area contributed by atoms with Crippen molar-refractivity contribution < 1.29 is 14.7 Å². The van der Waals surface area contributed by atoms with Crippen molar-refractivity contribution in [3.05, 3.63) is 11.9 Å². The van der Waals surface area contributed by atoms with E-state index >= 15 is 0 Å². The fourth-order valence-electron chi connectivity index (χ4n) is 1.95. The molecule has 20 heavy (non-hydrogen) atoms. The van der Waals surface area contributed by atoms with Gasteiger partial charge in [-0.15, -0.1) is 5.10 Å². The van der Waals surface area contributed by atoms with Crippen LogP contribution in [0.2, 0.25) is 0 Å². The largest absolute Gasteiger partial charge is 0.480 e. The Bertz CT molecular complexity index is 483. The van der Waals surface area contributed by atoms with Crippen LogP contribution in [-0.2, 0) is 17.9 Å². The minimum atomic E-state index is -0.985. The molecular weight excluding hydrogens is 262 g/mol. The summed E-state index contributed by atoms with van der Waals surface area (Å²) in [6.45, 7) is 2.79. The van der Waals surface area contributed by atoms with Gasteiger partial charge in [-0.05, 0) is 24.7 Å². The van der Waals surface area contributed by atoms with Gasteiger partial charge >= 0.3 is 12.0 Å². The van der Waals surface area contributed by atoms with E-state index in [0.29, 0.717) is 18.2 Å². The molecule has 1 heterocycles. The lowest BCUT2D eigenvalue weighted by Crippen LogP contribution is -2.37. The molecule has 110 valence electrons. The van der Waals surface area contributed by atoms with Gasteiger partial charge in [0.05, 0.1) is 12.7 Å². The zero-order chi connectivity index (χ0) is 14.5. The highest BCUT2D eigenvalue weighted by Gasteiger charge is 2.27. The van der Waals surface area contributed by atoms with Gasteiger partial charge in [-0.3, -0.25) is 4.79 Å². The van der Waals surface area contributed by atoms with Gasteiger partial charge in [0.25, 0.3) is 0 Å². The monoisotopic (exact) mass is 281 g/mol. The summed E-state index contributed by atoms with van der Waals surface area (Å²) in [7, 11) is 0. The number of rotatable bonds is 7. The van der Waals surface area contributed by atoms with Crippen LogP contribution in [0, 0.1) is 11.8 Å². The normalized spacial score (nSPS) is 15.7. The molecule has 1 atom stereocenters. The molecule has 8 nitrogen and oxygen atoms in total. The number of nitrogens with zero attached hydrogens (tertiary/aromatic N) is 3. The smallest absolute Gasteiger partial charge is 0.325 e. The van der Waals surface area contributed by atoms with E-state index in [4.69, 9.17) is 5.11 Å². The number of urea groups is 1. The summed E-state index contributed by atoms with van der Waals surface area (Å²) in [4.78, 5) is 22.1. The van der Waals surface area contributed by atoms with Crippen LogP contribution < -0.4 is 10.6 Å². The van der Waals surface area contributed by atoms with Gasteiger partial charge in [-0.2, -0.15) is 0 Å². The van der Waals surface area contributed by atoms with Crippen molar-refractivity contribution in [1.82, 2.24) is 25.6 Å². The predicted octanol–water partition coefficient (Wildman–Crippen LogP) is 0.208. The lowest BCUT2D eigenvalue weighted by atomic mass is 10.1. The van der Waals surface area contributed by atoms with Crippen molar-refractivity contribution in [2.75, 3.05) is 6.54 Å². The number of carbonyl (C=O) groups is 2. The average Bonchev–Trinajstić information content (AvgIpc) is 3.15. The molecular formula is C12H19N5O3. The van der Waals surface area contributed by atoms with Gasteiger partial charge in [0, 0.05) is 6.54 Å². The maximum Gasteiger partial charge on any atom is 0.325 e. The molecule has 1 aromatic heterocycles. The Morgan fingerprint density at radius 1 is 1.50 bits per heavy atom. The quantitative estimate of drug-likeness (QED) is 0.662. The molecule has 3 N–H and O–H groups in total. The first-order valence-electron chi connectivity index (χ1n) is 6.67. The molecule has 1 unspecified atom stereocenters. The van der Waals surface area contributed by atoms with E-state index in [-0.39, 0.29) is 19.1 Å². The number of amides is 2. The lowest BCUT2D eigenvalue weighted by Gasteiger charge is -2.11. The van der Waals surface area contributed by atoms with Crippen LogP contribution in [0.3, 0.4) is 0 Å². The van der Waals surface area contributed by atoms with Crippen LogP contribution in [0.1, 0.15) is 25.5 Å². The average molecular weight is 281 g/mol. The molecule has 1 aliphatic rings. The molecule has 0 aromatic carbocycles. The number of carbonyl (C=O) groups excluding carboxylic acids is 1. The fraction of sp³-hybridized carbons (Fsp3) is 0.667. The number of hydrogen-bond acceptors (Lipinski definition) is 4. The van der Waals surface area contributed by atoms with Gasteiger partial charge in [0.2, 0.25) is 0 Å². The zero-order valence-electron chi connectivity index (χ0n) is 11.4. The summed E-state index contributed by atoms with van der Waals surface area (Å²) in [6, 6.07) is -0.245. The standard InChI is InChI=1S/C12H19N5O3/c1-8(9-2-3-9)4-13-12(20)14-5-10-6-17(16-15-10)7-11(18)19/h6,8-9H,2-5,7H2,1H3,(H,18,19)(H2,13,14,20). The van der Waals surface area contributed by atoms with Crippen LogP contribution >= 0.6 is 0 Å². The maximum atomic E-state index is 11.6. The fourth-order valence-corrected chi connectivity index (χ4v) is 1.95. The molecule has 1 aromatic rings. The van der Waals surface area contributed by atoms with E-state index in [1.54, 1.807) is 0 Å². The molecule has 2 rings (SSSR count). The molecule has 2 amide bonds. The Hall–Kier alpha value is -2.12. The second kappa shape index (κ2) is 6.36. The van der Waals surface area contributed by atoms with E-state index in [1.165, 1.54) is 23.7 Å². The second-order valence-corrected chi connectivity index (χ2v) is 5.18. The van der Waals surface area contributed by atoms with E-state index < -0.39 is 5.97 Å². The molecule has 0 bridgehead atoms. The summed E-state index contributed by atoms with van der Waals surface area (Å²) in [5, 5.41) is 21.5. The molecule has 1 fully saturated rings. The first-order chi connectivity index (χ1) is 9.54. The van der Waals surface area contributed by atoms with Crippen molar-refractivity contribution >= 4 is 12.0 Å². The minimum absolute atomic E-state index is 0.225. The van der Waals surface area contributed by atoms with Crippen molar-refractivity contribution in [3.8, 4) is 0 Å². The maximum absolute atomic E-state index is 11.6. The first-order valence-corrected chi connectivity index (χ1v) is 6.67. The molecule has 1 saturated carbocycles. The Kier molecular flexibility index (Phi) is 4.54. The summed E-state index contributed by atoms with van der Waals surface area (Å²) in [5.41, 5.74) is 0.525. The van der Waals surface area contributed by atoms with Crippen LogP contribution in [0.25, 0.3) is 0 Å². The number of hydrogen-bond donors (Lipinski definition) is 3. The summed E-state index contributed by atoms with van der Waals surface area (Å²) in [5.74, 6) is 0.282. The van der Waals surface area contributed by atoms with Crippen molar-refractivity contribution in [1.29, 1.82) is 0 Å². The highest BCUT2D eigenvalue weighted by molar-refractivity contribution is 5.73. The molecule has 0 aliphatic heterocycles. The summed E-state index contributed by atoms with van der Waals surface area (Å²) in [6.07, 6.45) is 4.02. The van der Waals surface area contributed by atoms with Crippen molar-refractivity contribution in [3.63, 3.8) is 0 Å². The highest BCUT2D eigenvalue weighted by atomic mass is 16.4. The first kappa shape index (κ1) is 14.3. The third-order valence-corrected chi connectivity index (χ3v) is 3.32. The number of nitrogens with one attached hydrogen (secondary N) is 2. The Morgan fingerprint density at radius 2 is 2.25 bits per heavy atom. The number of carboxylic acid groups (broad SMARTS) is 1. The third kappa shape index (κ3) is 4.52. The Balaban J connectivity index is 1.67. The highest BCUT2D eigenvalue weighted by Crippen LogP contribution is 2.35. The second-order valence-electron chi connectivity index (χ2n) is 5.18. The topological polar surface area (TPSA) is 109 Å². The van der Waals surface area contributed by atoms with E-state index in [9.17, 15) is 9.59 Å². The number of aliphatic carboxylic acids is 1. The number of carboxylic acids is 1. The zero-order valence-corrected chi connectivity index (χ0v) is 11.4. The van der Waals surface area contributed by atoms with Gasteiger partial charge in [-0.1, -0.05) is 12.1 Å². The van der Waals surface area contributed by atoms with Crippen molar-refractivity contribution in [2.45, 2.75) is 32.9 Å². The van der Waals surface area contributed by atoms with E-state index in [1.807, 2.05) is 0 Å². The SMILES string of the molecule is CC(CNC(=O)NCc1cn(CC(=O)O)nn1)C1CC1. The summed E-state index contributed by atoms with van der Waals surface area (Å²) < 4.78 is 1.21. The van der Waals surface area contributed by atoms with Gasteiger partial charge < -0.3 is 15.7 Å². The Labute approximate surface area is 116 Å². The van der Waals surface area contributed by atoms with Crippen LogP contribution in [-0.4, -0.2) is 38.6 Å². The van der Waals surface area contributed by atoms with Crippen LogP contribution in [0.4, 0.5) is 4.79 Å². The van der Waals surface area contributed by atoms with E-state index in [2.05, 4.69) is 27.9 Å². The van der Waals surface area contributed by atoms with Gasteiger partial charge in [0.1, 0.15) is 12.2 Å². The molecule has 0 radical (unpaired) electrons. The predicted molar refractivity (Wildman–Crippen MR) is 69.8 cm³/mol. The van der Waals surface area contributed by atoms with Gasteiger partial charge in [-0.25, -0.2) is 9.48 Å². The Morgan fingerprint density at radius 3 is 2.90 bits per heavy atom.